The zero-order valence-corrected chi connectivity index (χ0v) is 15.1. The van der Waals surface area contributed by atoms with Gasteiger partial charge in [0.1, 0.15) is 17.6 Å². The third-order valence-electron chi connectivity index (χ3n) is 6.75. The Morgan fingerprint density at radius 1 is 0.931 bits per heavy atom. The van der Waals surface area contributed by atoms with Crippen molar-refractivity contribution in [3.05, 3.63) is 48.6 Å². The number of hydrogen-bond acceptors (Lipinski definition) is 8. The smallest absolute Gasteiger partial charge is 0.321 e. The van der Waals surface area contributed by atoms with E-state index in [0.29, 0.717) is 11.5 Å². The van der Waals surface area contributed by atoms with E-state index in [4.69, 9.17) is 23.7 Å². The SMILES string of the molecule is COC1(O)C2OC2C2(Oc3cccc4cccc(c34)O2)C23OC12C(=O)C=CC3=O. The molecule has 5 unspecified atom stereocenters. The first-order chi connectivity index (χ1) is 14.0. The molecule has 0 amide bonds. The minimum atomic E-state index is -2.14. The van der Waals surface area contributed by atoms with Gasteiger partial charge in [0.2, 0.25) is 11.4 Å². The van der Waals surface area contributed by atoms with Gasteiger partial charge in [-0.1, -0.05) is 24.3 Å². The summed E-state index contributed by atoms with van der Waals surface area (Å²) in [4.78, 5) is 26.1. The van der Waals surface area contributed by atoms with Crippen LogP contribution in [0.2, 0.25) is 0 Å². The zero-order valence-electron chi connectivity index (χ0n) is 15.1. The average Bonchev–Trinajstić information content (AvgIpc) is 3.63. The van der Waals surface area contributed by atoms with Gasteiger partial charge in [-0.3, -0.25) is 9.59 Å². The van der Waals surface area contributed by atoms with Crippen molar-refractivity contribution in [3.63, 3.8) is 0 Å². The number of carbonyl (C=O) groups is 2. The number of fused-ring (bicyclic) bond motifs is 2. The van der Waals surface area contributed by atoms with E-state index in [1.165, 1.54) is 7.11 Å². The second-order valence-electron chi connectivity index (χ2n) is 7.89. The molecule has 2 aliphatic carbocycles. The summed E-state index contributed by atoms with van der Waals surface area (Å²) in [5.74, 6) is -4.10. The molecule has 1 spiro atoms. The Bertz CT molecular complexity index is 1160. The number of benzene rings is 2. The number of methoxy groups -OCH3 is 1. The number of rotatable bonds is 1. The Balaban J connectivity index is 1.51. The van der Waals surface area contributed by atoms with E-state index in [1.807, 2.05) is 24.3 Å². The monoisotopic (exact) mass is 394 g/mol. The fraction of sp³-hybridized carbons (Fsp3) is 0.333. The first-order valence-electron chi connectivity index (χ1n) is 9.25. The Morgan fingerprint density at radius 3 is 2.17 bits per heavy atom. The molecule has 0 aromatic heterocycles. The average molecular weight is 394 g/mol. The highest BCUT2D eigenvalue weighted by Gasteiger charge is 3.04. The zero-order chi connectivity index (χ0) is 19.8. The highest BCUT2D eigenvalue weighted by molar-refractivity contribution is 6.20. The van der Waals surface area contributed by atoms with E-state index in [9.17, 15) is 14.7 Å². The Kier molecular flexibility index (Phi) is 2.42. The molecule has 3 aliphatic heterocycles. The molecule has 2 aromatic rings. The minimum Gasteiger partial charge on any atom is -0.446 e. The molecule has 3 heterocycles. The van der Waals surface area contributed by atoms with Crippen molar-refractivity contribution in [3.8, 4) is 11.5 Å². The second-order valence-corrected chi connectivity index (χ2v) is 7.89. The number of ether oxygens (including phenoxy) is 5. The first kappa shape index (κ1) is 16.1. The highest BCUT2D eigenvalue weighted by Crippen LogP contribution is 2.74. The molecule has 146 valence electrons. The topological polar surface area (TPSA) is 107 Å². The van der Waals surface area contributed by atoms with E-state index < -0.39 is 46.6 Å². The lowest BCUT2D eigenvalue weighted by Gasteiger charge is -2.46. The number of hydrogen-bond donors (Lipinski definition) is 1. The molecule has 1 saturated carbocycles. The first-order valence-corrected chi connectivity index (χ1v) is 9.25. The van der Waals surface area contributed by atoms with Crippen LogP contribution < -0.4 is 9.47 Å². The molecule has 1 N–H and O–H groups in total. The molecule has 5 atom stereocenters. The maximum Gasteiger partial charge on any atom is 0.321 e. The van der Waals surface area contributed by atoms with Gasteiger partial charge in [0.05, 0.1) is 5.39 Å². The summed E-state index contributed by atoms with van der Waals surface area (Å²) in [5.41, 5.74) is -3.93. The number of epoxide rings is 2. The summed E-state index contributed by atoms with van der Waals surface area (Å²) in [6, 6.07) is 11.0. The lowest BCUT2D eigenvalue weighted by Crippen LogP contribution is -2.76. The Morgan fingerprint density at radius 2 is 1.55 bits per heavy atom. The molecule has 8 heteroatoms. The lowest BCUT2D eigenvalue weighted by molar-refractivity contribution is -0.249. The predicted molar refractivity (Wildman–Crippen MR) is 94.3 cm³/mol. The normalized spacial score (nSPS) is 41.9. The molecular weight excluding hydrogens is 380 g/mol. The molecular formula is C21H14O8. The summed E-state index contributed by atoms with van der Waals surface area (Å²) in [7, 11) is 1.24. The fourth-order valence-electron chi connectivity index (χ4n) is 5.44. The third-order valence-corrected chi connectivity index (χ3v) is 6.75. The van der Waals surface area contributed by atoms with Crippen LogP contribution in [0.4, 0.5) is 0 Å². The van der Waals surface area contributed by atoms with E-state index in [0.717, 1.165) is 22.9 Å². The van der Waals surface area contributed by atoms with Crippen LogP contribution in [-0.4, -0.2) is 58.8 Å². The molecule has 3 fully saturated rings. The quantitative estimate of drug-likeness (QED) is 0.555. The number of carbonyl (C=O) groups excluding carboxylic acids is 2. The van der Waals surface area contributed by atoms with Gasteiger partial charge in [-0.15, -0.1) is 0 Å². The van der Waals surface area contributed by atoms with Crippen molar-refractivity contribution < 1.29 is 38.4 Å². The molecule has 7 rings (SSSR count). The summed E-state index contributed by atoms with van der Waals surface area (Å²) < 4.78 is 29.5. The molecule has 29 heavy (non-hydrogen) atoms. The van der Waals surface area contributed by atoms with E-state index >= 15 is 0 Å². The Hall–Kier alpha value is -2.78. The standard InChI is InChI=1S/C21H14O8/c1-25-20(24)16-17(26-16)21(19-14(23)9-8-13(22)18(19,20)29-19)27-11-6-2-4-10-5-3-7-12(28-21)15(10)11/h2-9,16-17,24H,1H3. The predicted octanol–water partition coefficient (Wildman–Crippen LogP) is 0.639. The van der Waals surface area contributed by atoms with Crippen LogP contribution in [-0.2, 0) is 23.8 Å². The maximum atomic E-state index is 13.2. The maximum absolute atomic E-state index is 13.2. The largest absolute Gasteiger partial charge is 0.446 e. The van der Waals surface area contributed by atoms with Crippen LogP contribution in [0.15, 0.2) is 48.6 Å². The van der Waals surface area contributed by atoms with Crippen LogP contribution >= 0.6 is 0 Å². The van der Waals surface area contributed by atoms with Gasteiger partial charge in [0.15, 0.2) is 17.7 Å². The van der Waals surface area contributed by atoms with Gasteiger partial charge in [0, 0.05) is 7.11 Å². The van der Waals surface area contributed by atoms with Crippen molar-refractivity contribution >= 4 is 22.3 Å². The van der Waals surface area contributed by atoms with Gasteiger partial charge >= 0.3 is 5.79 Å². The van der Waals surface area contributed by atoms with Gasteiger partial charge in [-0.25, -0.2) is 0 Å². The molecule has 8 nitrogen and oxygen atoms in total. The van der Waals surface area contributed by atoms with Gasteiger partial charge in [-0.05, 0) is 29.7 Å². The highest BCUT2D eigenvalue weighted by atomic mass is 16.8. The minimum absolute atomic E-state index is 0.482. The van der Waals surface area contributed by atoms with E-state index in [-0.39, 0.29) is 0 Å². The number of ketones is 2. The molecule has 0 bridgehead atoms. The van der Waals surface area contributed by atoms with Gasteiger partial charge in [-0.2, -0.15) is 0 Å². The van der Waals surface area contributed by atoms with E-state index in [1.54, 1.807) is 12.1 Å². The molecule has 5 aliphatic rings. The van der Waals surface area contributed by atoms with Crippen molar-refractivity contribution in [1.82, 2.24) is 0 Å². The Labute approximate surface area is 163 Å². The lowest BCUT2D eigenvalue weighted by atomic mass is 9.65. The fourth-order valence-corrected chi connectivity index (χ4v) is 5.44. The molecule has 2 saturated heterocycles. The van der Waals surface area contributed by atoms with Crippen molar-refractivity contribution in [2.24, 2.45) is 0 Å². The van der Waals surface area contributed by atoms with Crippen LogP contribution in [0, 0.1) is 0 Å². The second kappa shape index (κ2) is 4.36. The third kappa shape index (κ3) is 1.35. The summed E-state index contributed by atoms with van der Waals surface area (Å²) >= 11 is 0. The van der Waals surface area contributed by atoms with Crippen molar-refractivity contribution in [1.29, 1.82) is 0 Å². The van der Waals surface area contributed by atoms with Crippen molar-refractivity contribution in [2.45, 2.75) is 35.0 Å². The summed E-state index contributed by atoms with van der Waals surface area (Å²) in [5, 5.41) is 12.9. The van der Waals surface area contributed by atoms with Crippen LogP contribution in [0.1, 0.15) is 0 Å². The summed E-state index contributed by atoms with van der Waals surface area (Å²) in [6.07, 6.45) is 0.374. The molecule has 0 radical (unpaired) electrons. The van der Waals surface area contributed by atoms with Gasteiger partial charge in [0.25, 0.3) is 5.60 Å². The molecule has 2 aromatic carbocycles. The van der Waals surface area contributed by atoms with Crippen LogP contribution in [0.5, 0.6) is 11.5 Å². The number of aliphatic hydroxyl groups is 1. The van der Waals surface area contributed by atoms with Crippen molar-refractivity contribution in [2.75, 3.05) is 7.11 Å². The van der Waals surface area contributed by atoms with E-state index in [2.05, 4.69) is 0 Å². The summed E-state index contributed by atoms with van der Waals surface area (Å²) in [6.45, 7) is 0. The van der Waals surface area contributed by atoms with Gasteiger partial charge < -0.3 is 28.8 Å². The van der Waals surface area contributed by atoms with Crippen LogP contribution in [0.25, 0.3) is 10.8 Å². The van der Waals surface area contributed by atoms with Crippen LogP contribution in [0.3, 0.4) is 0 Å².